The van der Waals surface area contributed by atoms with Crippen molar-refractivity contribution in [1.29, 1.82) is 0 Å². The van der Waals surface area contributed by atoms with E-state index < -0.39 is 34.8 Å². The molecule has 0 bridgehead atoms. The van der Waals surface area contributed by atoms with E-state index in [2.05, 4.69) is 0 Å². The van der Waals surface area contributed by atoms with Crippen molar-refractivity contribution in [3.63, 3.8) is 0 Å². The number of carbonyl (C=O) groups is 1. The highest BCUT2D eigenvalue weighted by molar-refractivity contribution is 8.00. The predicted octanol–water partition coefficient (Wildman–Crippen LogP) is 4.19. The summed E-state index contributed by atoms with van der Waals surface area (Å²) in [5, 5.41) is 14.5. The van der Waals surface area contributed by atoms with Crippen molar-refractivity contribution in [2.75, 3.05) is 11.6 Å². The van der Waals surface area contributed by atoms with Crippen LogP contribution < -0.4 is 10.4 Å². The molecular formula is C23H19F2N3O3S2. The molecule has 33 heavy (non-hydrogen) atoms. The van der Waals surface area contributed by atoms with Crippen LogP contribution in [0.3, 0.4) is 0 Å². The molecule has 10 heteroatoms. The highest BCUT2D eigenvalue weighted by Crippen LogP contribution is 2.47. The zero-order chi connectivity index (χ0) is 22.9. The largest absolute Gasteiger partial charge is 0.502 e. The van der Waals surface area contributed by atoms with Gasteiger partial charge in [0.05, 0.1) is 4.21 Å². The van der Waals surface area contributed by atoms with Crippen LogP contribution >= 0.6 is 23.1 Å². The molecule has 3 aliphatic rings. The average molecular weight is 488 g/mol. The molecule has 3 aromatic rings. The molecule has 2 aromatic heterocycles. The standard InChI is InChI=1S/C23H19F2N3O3S2/c24-15-5-4-12-14(18(15)25)11-33-23-13(7-10-32-23)19(12)28-17-3-1-2-8-26(17)22(31)20-21(30)16(29)6-9-27(20)28/h4-7,9-10,17,19,30H,1-3,8,11H2/t17-,19+/m1/s1. The monoisotopic (exact) mass is 487 g/mol. The Bertz CT molecular complexity index is 1360. The third kappa shape index (κ3) is 2.96. The van der Waals surface area contributed by atoms with Gasteiger partial charge in [-0.3, -0.25) is 19.3 Å². The van der Waals surface area contributed by atoms with Gasteiger partial charge in [0, 0.05) is 35.7 Å². The molecule has 170 valence electrons. The quantitative estimate of drug-likeness (QED) is 0.558. The van der Waals surface area contributed by atoms with Crippen LogP contribution in [0, 0.1) is 11.6 Å². The lowest BCUT2D eigenvalue weighted by molar-refractivity contribution is 0.0462. The Labute approximate surface area is 196 Å². The Hall–Kier alpha value is -2.85. The molecule has 3 aliphatic heterocycles. The maximum atomic E-state index is 15.0. The van der Waals surface area contributed by atoms with Crippen LogP contribution in [0.5, 0.6) is 5.75 Å². The molecule has 1 amide bonds. The zero-order valence-corrected chi connectivity index (χ0v) is 19.0. The highest BCUT2D eigenvalue weighted by atomic mass is 32.2. The van der Waals surface area contributed by atoms with Gasteiger partial charge >= 0.3 is 0 Å². The van der Waals surface area contributed by atoms with Gasteiger partial charge in [0.1, 0.15) is 12.2 Å². The maximum Gasteiger partial charge on any atom is 0.278 e. The first kappa shape index (κ1) is 20.7. The molecule has 1 saturated heterocycles. The minimum atomic E-state index is -0.895. The number of fused-ring (bicyclic) bond motifs is 4. The van der Waals surface area contributed by atoms with E-state index in [1.165, 1.54) is 35.4 Å². The lowest BCUT2D eigenvalue weighted by Gasteiger charge is -2.51. The second-order valence-corrected chi connectivity index (χ2v) is 10.5. The van der Waals surface area contributed by atoms with Crippen molar-refractivity contribution in [3.8, 4) is 5.75 Å². The molecule has 0 saturated carbocycles. The molecule has 0 radical (unpaired) electrons. The maximum absolute atomic E-state index is 15.0. The van der Waals surface area contributed by atoms with E-state index >= 15 is 0 Å². The van der Waals surface area contributed by atoms with E-state index in [-0.39, 0.29) is 17.6 Å². The topological polar surface area (TPSA) is 65.8 Å². The van der Waals surface area contributed by atoms with Crippen molar-refractivity contribution in [2.24, 2.45) is 0 Å². The fraction of sp³-hybridized carbons (Fsp3) is 0.304. The molecular weight excluding hydrogens is 468 g/mol. The average Bonchev–Trinajstić information content (AvgIpc) is 3.22. The molecule has 1 N–H and O–H groups in total. The van der Waals surface area contributed by atoms with E-state index in [0.29, 0.717) is 24.1 Å². The Kier molecular flexibility index (Phi) is 4.77. The Morgan fingerprint density at radius 2 is 1.91 bits per heavy atom. The Balaban J connectivity index is 1.66. The van der Waals surface area contributed by atoms with E-state index in [1.54, 1.807) is 15.6 Å². The first-order valence-electron chi connectivity index (χ1n) is 10.7. The minimum absolute atomic E-state index is 0.0986. The number of thioether (sulfide) groups is 1. The predicted molar refractivity (Wildman–Crippen MR) is 121 cm³/mol. The lowest BCUT2D eigenvalue weighted by Crippen LogP contribution is -2.63. The third-order valence-corrected chi connectivity index (χ3v) is 8.93. The molecule has 1 aromatic carbocycles. The number of carbonyl (C=O) groups excluding carboxylic acids is 1. The van der Waals surface area contributed by atoms with Crippen LogP contribution in [-0.4, -0.2) is 33.3 Å². The van der Waals surface area contributed by atoms with Gasteiger partial charge in [-0.15, -0.1) is 23.1 Å². The molecule has 6 rings (SSSR count). The summed E-state index contributed by atoms with van der Waals surface area (Å²) >= 11 is 3.00. The van der Waals surface area contributed by atoms with Gasteiger partial charge in [-0.05, 0) is 42.3 Å². The van der Waals surface area contributed by atoms with Crippen LogP contribution in [0.15, 0.2) is 44.8 Å². The van der Waals surface area contributed by atoms with Crippen molar-refractivity contribution in [3.05, 3.63) is 80.1 Å². The van der Waals surface area contributed by atoms with Crippen molar-refractivity contribution < 1.29 is 18.7 Å². The molecule has 2 atom stereocenters. The number of hydrogen-bond donors (Lipinski definition) is 1. The Morgan fingerprint density at radius 3 is 2.76 bits per heavy atom. The van der Waals surface area contributed by atoms with Gasteiger partial charge < -0.3 is 10.0 Å². The van der Waals surface area contributed by atoms with Gasteiger partial charge in [-0.2, -0.15) is 0 Å². The summed E-state index contributed by atoms with van der Waals surface area (Å²) in [6.07, 6.45) is 3.52. The van der Waals surface area contributed by atoms with E-state index in [1.807, 2.05) is 16.5 Å². The number of thiophene rings is 1. The SMILES string of the molecule is O=C1c2c(O)c(=O)ccn2N([C@@H]2c3ccsc3SCc3c2ccc(F)c3F)[C@@H]2CCCCN12. The van der Waals surface area contributed by atoms with Gasteiger partial charge in [0.25, 0.3) is 5.91 Å². The first-order chi connectivity index (χ1) is 16.0. The fourth-order valence-electron chi connectivity index (χ4n) is 5.14. The number of benzene rings is 1. The summed E-state index contributed by atoms with van der Waals surface area (Å²) < 4.78 is 31.7. The van der Waals surface area contributed by atoms with E-state index in [4.69, 9.17) is 0 Å². The summed E-state index contributed by atoms with van der Waals surface area (Å²) in [5.74, 6) is -2.47. The summed E-state index contributed by atoms with van der Waals surface area (Å²) in [4.78, 5) is 27.2. The fourth-order valence-corrected chi connectivity index (χ4v) is 7.32. The van der Waals surface area contributed by atoms with Gasteiger partial charge in [-0.1, -0.05) is 6.07 Å². The molecule has 5 heterocycles. The van der Waals surface area contributed by atoms with Crippen LogP contribution in [0.25, 0.3) is 0 Å². The van der Waals surface area contributed by atoms with Crippen LogP contribution in [0.2, 0.25) is 0 Å². The molecule has 6 nitrogen and oxygen atoms in total. The van der Waals surface area contributed by atoms with Crippen LogP contribution in [-0.2, 0) is 5.75 Å². The number of nitrogens with zero attached hydrogens (tertiary/aromatic N) is 3. The molecule has 0 unspecified atom stereocenters. The van der Waals surface area contributed by atoms with Gasteiger partial charge in [0.15, 0.2) is 23.1 Å². The van der Waals surface area contributed by atoms with Crippen molar-refractivity contribution >= 4 is 29.0 Å². The molecule has 0 aliphatic carbocycles. The van der Waals surface area contributed by atoms with E-state index in [9.17, 15) is 23.5 Å². The second-order valence-electron chi connectivity index (χ2n) is 8.36. The number of pyridine rings is 1. The third-order valence-electron chi connectivity index (χ3n) is 6.63. The lowest BCUT2D eigenvalue weighted by atomic mass is 9.93. The van der Waals surface area contributed by atoms with Crippen molar-refractivity contribution in [1.82, 2.24) is 9.58 Å². The Morgan fingerprint density at radius 1 is 1.06 bits per heavy atom. The number of amides is 1. The number of aromatic nitrogens is 1. The van der Waals surface area contributed by atoms with Crippen molar-refractivity contribution in [2.45, 2.75) is 41.4 Å². The van der Waals surface area contributed by atoms with Crippen LogP contribution in [0.1, 0.15) is 52.5 Å². The van der Waals surface area contributed by atoms with Gasteiger partial charge in [0.2, 0.25) is 5.43 Å². The zero-order valence-electron chi connectivity index (χ0n) is 17.3. The number of piperidine rings is 1. The summed E-state index contributed by atoms with van der Waals surface area (Å²) in [5.41, 5.74) is 1.10. The minimum Gasteiger partial charge on any atom is -0.502 e. The van der Waals surface area contributed by atoms with E-state index in [0.717, 1.165) is 28.7 Å². The second kappa shape index (κ2) is 7.59. The number of rotatable bonds is 1. The number of hydrogen-bond acceptors (Lipinski definition) is 6. The summed E-state index contributed by atoms with van der Waals surface area (Å²) in [6.45, 7) is 0.491. The summed E-state index contributed by atoms with van der Waals surface area (Å²) in [6, 6.07) is 5.41. The molecule has 0 spiro atoms. The first-order valence-corrected chi connectivity index (χ1v) is 12.5. The summed E-state index contributed by atoms with van der Waals surface area (Å²) in [7, 11) is 0. The van der Waals surface area contributed by atoms with Gasteiger partial charge in [-0.25, -0.2) is 8.78 Å². The normalized spacial score (nSPS) is 21.7. The smallest absolute Gasteiger partial charge is 0.278 e. The number of aromatic hydroxyl groups is 1. The number of halogens is 2. The highest BCUT2D eigenvalue weighted by Gasteiger charge is 2.45. The molecule has 1 fully saturated rings. The van der Waals surface area contributed by atoms with Crippen LogP contribution in [0.4, 0.5) is 8.78 Å².